The molecule has 11 heteroatoms. The van der Waals surface area contributed by atoms with E-state index in [4.69, 9.17) is 51.0 Å². The van der Waals surface area contributed by atoms with Crippen molar-refractivity contribution < 1.29 is 9.13 Å². The molecule has 1 aliphatic rings. The number of rotatable bonds is 6. The van der Waals surface area contributed by atoms with E-state index in [1.54, 1.807) is 35.2 Å². The van der Waals surface area contributed by atoms with Gasteiger partial charge in [-0.25, -0.2) is 9.38 Å². The number of ether oxygens (including phenoxy) is 1. The predicted molar refractivity (Wildman–Crippen MR) is 118 cm³/mol. The van der Waals surface area contributed by atoms with Gasteiger partial charge >= 0.3 is 0 Å². The van der Waals surface area contributed by atoms with Gasteiger partial charge in [0.05, 0.1) is 21.7 Å². The minimum atomic E-state index is -0.763. The molecule has 0 bridgehead atoms. The molecular formula is C18H18Cl4FN5O. The summed E-state index contributed by atoms with van der Waals surface area (Å²) in [5.74, 6) is 0.142. The van der Waals surface area contributed by atoms with Crippen LogP contribution in [-0.4, -0.2) is 30.0 Å². The topological polar surface area (TPSA) is 89.2 Å². The zero-order valence-electron chi connectivity index (χ0n) is 15.0. The molecule has 0 aromatic heterocycles. The van der Waals surface area contributed by atoms with Gasteiger partial charge in [-0.1, -0.05) is 46.9 Å². The van der Waals surface area contributed by atoms with Gasteiger partial charge in [-0.05, 0) is 24.6 Å². The first-order valence-electron chi connectivity index (χ1n) is 8.32. The molecule has 1 aliphatic heterocycles. The predicted octanol–water partition coefficient (Wildman–Crippen LogP) is 4.62. The van der Waals surface area contributed by atoms with Gasteiger partial charge in [-0.15, -0.1) is 12.4 Å². The molecule has 0 saturated carbocycles. The molecule has 1 atom stereocenters. The van der Waals surface area contributed by atoms with Crippen LogP contribution in [0, 0.1) is 5.82 Å². The van der Waals surface area contributed by atoms with Crippen molar-refractivity contribution in [2.24, 2.45) is 21.5 Å². The summed E-state index contributed by atoms with van der Waals surface area (Å²) in [6.07, 6.45) is -0.203. The molecule has 2 aromatic rings. The Morgan fingerprint density at radius 2 is 1.83 bits per heavy atom. The minimum Gasteiger partial charge on any atom is -0.493 e. The van der Waals surface area contributed by atoms with Crippen LogP contribution in [0.15, 0.2) is 46.4 Å². The Hall–Kier alpha value is -1.93. The Kier molecular flexibility index (Phi) is 8.22. The number of hydrogen-bond acceptors (Lipinski definition) is 6. The van der Waals surface area contributed by atoms with Crippen molar-refractivity contribution in [1.82, 2.24) is 4.90 Å². The summed E-state index contributed by atoms with van der Waals surface area (Å²) in [6, 6.07) is 9.70. The lowest BCUT2D eigenvalue weighted by molar-refractivity contribution is 0.255. The summed E-state index contributed by atoms with van der Waals surface area (Å²) in [5.41, 5.74) is 12.0. The number of halogens is 5. The van der Waals surface area contributed by atoms with Gasteiger partial charge in [0.15, 0.2) is 6.17 Å². The fraction of sp³-hybridized carbons (Fsp3) is 0.222. The molecule has 0 fully saturated rings. The summed E-state index contributed by atoms with van der Waals surface area (Å²) in [4.78, 5) is 9.84. The highest BCUT2D eigenvalue weighted by Gasteiger charge is 2.28. The van der Waals surface area contributed by atoms with Crippen molar-refractivity contribution in [1.29, 1.82) is 0 Å². The Balaban J connectivity index is 0.00000300. The molecule has 0 spiro atoms. The average Bonchev–Trinajstić information content (AvgIpc) is 2.65. The summed E-state index contributed by atoms with van der Waals surface area (Å²) >= 11 is 17.8. The molecule has 0 radical (unpaired) electrons. The number of guanidine groups is 2. The molecular weight excluding hydrogens is 463 g/mol. The van der Waals surface area contributed by atoms with E-state index in [1.807, 2.05) is 0 Å². The van der Waals surface area contributed by atoms with Crippen LogP contribution < -0.4 is 16.2 Å². The summed E-state index contributed by atoms with van der Waals surface area (Å²) in [7, 11) is 0. The van der Waals surface area contributed by atoms with E-state index < -0.39 is 12.0 Å². The van der Waals surface area contributed by atoms with Crippen LogP contribution in [-0.2, 0) is 0 Å². The second-order valence-corrected chi connectivity index (χ2v) is 7.17. The normalized spacial score (nSPS) is 16.0. The Labute approximate surface area is 188 Å². The van der Waals surface area contributed by atoms with Crippen LogP contribution >= 0.6 is 47.2 Å². The van der Waals surface area contributed by atoms with Crippen molar-refractivity contribution in [2.75, 3.05) is 13.2 Å². The quantitative estimate of drug-likeness (QED) is 0.590. The first-order valence-corrected chi connectivity index (χ1v) is 9.46. The van der Waals surface area contributed by atoms with Crippen molar-refractivity contribution >= 4 is 59.1 Å². The lowest BCUT2D eigenvalue weighted by Gasteiger charge is -2.33. The minimum absolute atomic E-state index is 0. The Bertz CT molecular complexity index is 940. The molecule has 1 heterocycles. The van der Waals surface area contributed by atoms with Gasteiger partial charge in [0.25, 0.3) is 0 Å². The number of aliphatic imine (C=N–C) groups is 2. The molecule has 4 N–H and O–H groups in total. The zero-order valence-corrected chi connectivity index (χ0v) is 18.1. The van der Waals surface area contributed by atoms with Gasteiger partial charge in [0.2, 0.25) is 11.9 Å². The number of benzene rings is 2. The maximum Gasteiger partial charge on any atom is 0.220 e. The van der Waals surface area contributed by atoms with E-state index in [-0.39, 0.29) is 34.9 Å². The molecule has 6 nitrogen and oxygen atoms in total. The maximum atomic E-state index is 14.5. The van der Waals surface area contributed by atoms with Crippen LogP contribution in [0.25, 0.3) is 0 Å². The highest BCUT2D eigenvalue weighted by atomic mass is 35.5. The van der Waals surface area contributed by atoms with Crippen LogP contribution in [0.4, 0.5) is 4.39 Å². The molecule has 1 unspecified atom stereocenters. The van der Waals surface area contributed by atoms with Crippen LogP contribution in [0.1, 0.15) is 18.2 Å². The van der Waals surface area contributed by atoms with Gasteiger partial charge < -0.3 is 21.1 Å². The molecule has 3 rings (SSSR count). The smallest absolute Gasteiger partial charge is 0.220 e. The lowest BCUT2D eigenvalue weighted by atomic mass is 10.1. The van der Waals surface area contributed by atoms with E-state index in [0.29, 0.717) is 35.4 Å². The van der Waals surface area contributed by atoms with Crippen LogP contribution in [0.2, 0.25) is 15.1 Å². The molecule has 156 valence electrons. The molecule has 0 aliphatic carbocycles. The van der Waals surface area contributed by atoms with Crippen molar-refractivity contribution in [3.05, 3.63) is 62.8 Å². The van der Waals surface area contributed by atoms with Crippen LogP contribution in [0.5, 0.6) is 5.75 Å². The third kappa shape index (κ3) is 5.57. The summed E-state index contributed by atoms with van der Waals surface area (Å²) < 4.78 is 20.2. The SMILES string of the molecule is Cl.NC1=NC(c2cccc(Cl)c2F)N(CCCOc2ccc(Cl)c(Cl)c2)C(N)=N1. The summed E-state index contributed by atoms with van der Waals surface area (Å²) in [5, 5.41) is 0.858. The van der Waals surface area contributed by atoms with Crippen LogP contribution in [0.3, 0.4) is 0 Å². The van der Waals surface area contributed by atoms with E-state index >= 15 is 0 Å². The van der Waals surface area contributed by atoms with Gasteiger partial charge in [0, 0.05) is 18.2 Å². The Morgan fingerprint density at radius 1 is 1.07 bits per heavy atom. The number of hydrogen-bond donors (Lipinski definition) is 2. The largest absolute Gasteiger partial charge is 0.493 e. The van der Waals surface area contributed by atoms with Gasteiger partial charge in [-0.3, -0.25) is 0 Å². The maximum absolute atomic E-state index is 14.5. The molecule has 0 amide bonds. The molecule has 0 saturated heterocycles. The monoisotopic (exact) mass is 479 g/mol. The fourth-order valence-corrected chi connectivity index (χ4v) is 3.19. The van der Waals surface area contributed by atoms with Crippen molar-refractivity contribution in [3.8, 4) is 5.75 Å². The van der Waals surface area contributed by atoms with E-state index in [0.717, 1.165) is 0 Å². The zero-order chi connectivity index (χ0) is 20.3. The van der Waals surface area contributed by atoms with Gasteiger partial charge in [-0.2, -0.15) is 4.99 Å². The second-order valence-electron chi connectivity index (χ2n) is 5.95. The number of nitrogens with zero attached hydrogens (tertiary/aromatic N) is 3. The third-order valence-corrected chi connectivity index (χ3v) is 5.07. The Morgan fingerprint density at radius 3 is 2.55 bits per heavy atom. The van der Waals surface area contributed by atoms with E-state index in [2.05, 4.69) is 9.98 Å². The van der Waals surface area contributed by atoms with Crippen molar-refractivity contribution in [2.45, 2.75) is 12.6 Å². The standard InChI is InChI=1S/C18H17Cl3FN5O.ClH/c19-12-6-5-10(9-14(12)21)28-8-2-7-27-16(25-17(23)26-18(27)24)11-3-1-4-13(20)15(11)22;/h1,3-6,9,16H,2,7-8H2,(H4,23,24,25,26);1H. The highest BCUT2D eigenvalue weighted by Crippen LogP contribution is 2.30. The number of nitrogens with two attached hydrogens (primary N) is 2. The lowest BCUT2D eigenvalue weighted by Crippen LogP contribution is -2.45. The van der Waals surface area contributed by atoms with Gasteiger partial charge in [0.1, 0.15) is 11.6 Å². The van der Waals surface area contributed by atoms with E-state index in [9.17, 15) is 4.39 Å². The highest BCUT2D eigenvalue weighted by molar-refractivity contribution is 6.42. The average molecular weight is 481 g/mol. The first kappa shape index (κ1) is 23.3. The molecule has 29 heavy (non-hydrogen) atoms. The second kappa shape index (κ2) is 10.2. The third-order valence-electron chi connectivity index (χ3n) is 4.04. The fourth-order valence-electron chi connectivity index (χ4n) is 2.72. The van der Waals surface area contributed by atoms with E-state index in [1.165, 1.54) is 6.07 Å². The summed E-state index contributed by atoms with van der Waals surface area (Å²) in [6.45, 7) is 0.774. The molecule has 2 aromatic carbocycles. The first-order chi connectivity index (χ1) is 13.4. The van der Waals surface area contributed by atoms with Crippen molar-refractivity contribution in [3.63, 3.8) is 0 Å².